The van der Waals surface area contributed by atoms with E-state index in [1.165, 1.54) is 40.0 Å². The van der Waals surface area contributed by atoms with Gasteiger partial charge in [-0.05, 0) is 55.2 Å². The highest BCUT2D eigenvalue weighted by Crippen LogP contribution is 2.25. The molecule has 1 amide bonds. The van der Waals surface area contributed by atoms with Gasteiger partial charge in [-0.15, -0.1) is 0 Å². The molecule has 7 heteroatoms. The third kappa shape index (κ3) is 5.39. The van der Waals surface area contributed by atoms with Crippen LogP contribution in [0.1, 0.15) is 22.3 Å². The zero-order chi connectivity index (χ0) is 22.5. The number of nitrogens with zero attached hydrogens (tertiary/aromatic N) is 3. The van der Waals surface area contributed by atoms with Crippen molar-refractivity contribution in [1.82, 2.24) is 14.5 Å². The molecule has 32 heavy (non-hydrogen) atoms. The Morgan fingerprint density at radius 1 is 1.09 bits per heavy atom. The summed E-state index contributed by atoms with van der Waals surface area (Å²) in [6.07, 6.45) is 3.74. The maximum atomic E-state index is 12.7. The molecular formula is C25H30N4OS2. The molecule has 1 saturated heterocycles. The lowest BCUT2D eigenvalue weighted by molar-refractivity contribution is -0.113. The molecule has 0 radical (unpaired) electrons. The Kier molecular flexibility index (Phi) is 7.60. The summed E-state index contributed by atoms with van der Waals surface area (Å²) in [6, 6.07) is 12.4. The topological polar surface area (TPSA) is 50.2 Å². The fourth-order valence-corrected chi connectivity index (χ4v) is 5.63. The number of benzene rings is 2. The predicted molar refractivity (Wildman–Crippen MR) is 136 cm³/mol. The van der Waals surface area contributed by atoms with Crippen molar-refractivity contribution in [3.8, 4) is 5.69 Å². The standard InChI is InChI=1S/C25H30N4OS2/c1-18-6-4-9-23(19(18)2)29-11-10-26-25(29)32-17-24(30)27-22-8-5-7-21(20(22)3)16-28-12-14-31-15-13-28/h4-11H,12-17H2,1-3H3,(H,27,30). The average Bonchev–Trinajstić information content (AvgIpc) is 3.26. The van der Waals surface area contributed by atoms with E-state index in [-0.39, 0.29) is 5.91 Å². The van der Waals surface area contributed by atoms with Crippen LogP contribution in [0.25, 0.3) is 5.69 Å². The monoisotopic (exact) mass is 466 g/mol. The molecule has 1 fully saturated rings. The van der Waals surface area contributed by atoms with Gasteiger partial charge in [0.1, 0.15) is 0 Å². The Morgan fingerprint density at radius 2 is 1.88 bits per heavy atom. The number of rotatable bonds is 7. The molecule has 0 bridgehead atoms. The molecule has 4 rings (SSSR count). The van der Waals surface area contributed by atoms with E-state index in [9.17, 15) is 4.79 Å². The van der Waals surface area contributed by atoms with Crippen molar-refractivity contribution in [2.45, 2.75) is 32.5 Å². The number of carbonyl (C=O) groups excluding carboxylic acids is 1. The predicted octanol–water partition coefficient (Wildman–Crippen LogP) is 5.08. The Labute approximate surface area is 199 Å². The fraction of sp³-hybridized carbons (Fsp3) is 0.360. The third-order valence-electron chi connectivity index (χ3n) is 5.99. The lowest BCUT2D eigenvalue weighted by Crippen LogP contribution is -2.32. The van der Waals surface area contributed by atoms with Gasteiger partial charge < -0.3 is 5.32 Å². The summed E-state index contributed by atoms with van der Waals surface area (Å²) in [5, 5.41) is 3.93. The van der Waals surface area contributed by atoms with Crippen molar-refractivity contribution in [3.63, 3.8) is 0 Å². The van der Waals surface area contributed by atoms with Crippen LogP contribution in [0.2, 0.25) is 0 Å². The lowest BCUT2D eigenvalue weighted by atomic mass is 10.1. The first-order valence-electron chi connectivity index (χ1n) is 10.9. The summed E-state index contributed by atoms with van der Waals surface area (Å²) in [4.78, 5) is 19.7. The Hall–Kier alpha value is -2.22. The molecule has 2 aromatic carbocycles. The molecule has 5 nitrogen and oxygen atoms in total. The van der Waals surface area contributed by atoms with Gasteiger partial charge in [-0.25, -0.2) is 4.98 Å². The first kappa shape index (κ1) is 23.0. The largest absolute Gasteiger partial charge is 0.325 e. The average molecular weight is 467 g/mol. The number of aryl methyl sites for hydroxylation is 1. The maximum absolute atomic E-state index is 12.7. The van der Waals surface area contributed by atoms with Crippen LogP contribution in [-0.4, -0.2) is 50.7 Å². The van der Waals surface area contributed by atoms with Gasteiger partial charge in [0.2, 0.25) is 5.91 Å². The molecule has 2 heterocycles. The van der Waals surface area contributed by atoms with E-state index >= 15 is 0 Å². The normalized spacial score (nSPS) is 14.5. The van der Waals surface area contributed by atoms with E-state index in [1.807, 2.05) is 30.1 Å². The van der Waals surface area contributed by atoms with Gasteiger partial charge in [0.15, 0.2) is 5.16 Å². The minimum atomic E-state index is -0.0138. The Bertz CT molecular complexity index is 1090. The molecule has 1 aromatic heterocycles. The van der Waals surface area contributed by atoms with E-state index in [0.717, 1.165) is 41.7 Å². The second kappa shape index (κ2) is 10.6. The van der Waals surface area contributed by atoms with Crippen molar-refractivity contribution in [2.24, 2.45) is 0 Å². The highest BCUT2D eigenvalue weighted by Gasteiger charge is 2.15. The minimum absolute atomic E-state index is 0.0138. The molecule has 1 aliphatic heterocycles. The number of carbonyl (C=O) groups is 1. The summed E-state index contributed by atoms with van der Waals surface area (Å²) in [6.45, 7) is 9.53. The van der Waals surface area contributed by atoms with Crippen LogP contribution < -0.4 is 5.32 Å². The lowest BCUT2D eigenvalue weighted by Gasteiger charge is -2.27. The second-order valence-corrected chi connectivity index (χ2v) is 10.3. The molecular weight excluding hydrogens is 436 g/mol. The fourth-order valence-electron chi connectivity index (χ4n) is 3.88. The van der Waals surface area contributed by atoms with Crippen LogP contribution in [-0.2, 0) is 11.3 Å². The van der Waals surface area contributed by atoms with Crippen molar-refractivity contribution >= 4 is 35.1 Å². The Morgan fingerprint density at radius 3 is 2.69 bits per heavy atom. The number of amides is 1. The zero-order valence-electron chi connectivity index (χ0n) is 18.9. The minimum Gasteiger partial charge on any atom is -0.325 e. The number of aromatic nitrogens is 2. The van der Waals surface area contributed by atoms with E-state index < -0.39 is 0 Å². The molecule has 3 aromatic rings. The number of imidazole rings is 1. The summed E-state index contributed by atoms with van der Waals surface area (Å²) in [5.41, 5.74) is 6.90. The van der Waals surface area contributed by atoms with Crippen molar-refractivity contribution in [2.75, 3.05) is 35.7 Å². The van der Waals surface area contributed by atoms with E-state index in [2.05, 4.69) is 64.8 Å². The van der Waals surface area contributed by atoms with Crippen molar-refractivity contribution in [1.29, 1.82) is 0 Å². The number of nitrogens with one attached hydrogen (secondary N) is 1. The third-order valence-corrected chi connectivity index (χ3v) is 7.90. The summed E-state index contributed by atoms with van der Waals surface area (Å²) in [7, 11) is 0. The summed E-state index contributed by atoms with van der Waals surface area (Å²) in [5.74, 6) is 2.70. The number of anilines is 1. The van der Waals surface area contributed by atoms with Crippen LogP contribution in [0.15, 0.2) is 53.9 Å². The van der Waals surface area contributed by atoms with Gasteiger partial charge in [-0.2, -0.15) is 11.8 Å². The summed E-state index contributed by atoms with van der Waals surface area (Å²) < 4.78 is 2.06. The zero-order valence-corrected chi connectivity index (χ0v) is 20.6. The van der Waals surface area contributed by atoms with Crippen LogP contribution in [0.5, 0.6) is 0 Å². The molecule has 0 unspecified atom stereocenters. The SMILES string of the molecule is Cc1cccc(-n2ccnc2SCC(=O)Nc2cccc(CN3CCSCC3)c2C)c1C. The first-order valence-corrected chi connectivity index (χ1v) is 13.1. The van der Waals surface area contributed by atoms with Gasteiger partial charge in [-0.3, -0.25) is 14.3 Å². The van der Waals surface area contributed by atoms with E-state index in [0.29, 0.717) is 5.75 Å². The molecule has 0 atom stereocenters. The van der Waals surface area contributed by atoms with Gasteiger partial charge in [0.05, 0.1) is 11.4 Å². The smallest absolute Gasteiger partial charge is 0.234 e. The Balaban J connectivity index is 1.40. The molecule has 168 valence electrons. The highest BCUT2D eigenvalue weighted by atomic mass is 32.2. The summed E-state index contributed by atoms with van der Waals surface area (Å²) >= 11 is 3.48. The van der Waals surface area contributed by atoms with Crippen LogP contribution in [0.3, 0.4) is 0 Å². The van der Waals surface area contributed by atoms with Crippen LogP contribution in [0.4, 0.5) is 5.69 Å². The van der Waals surface area contributed by atoms with E-state index in [4.69, 9.17) is 0 Å². The number of hydrogen-bond donors (Lipinski definition) is 1. The van der Waals surface area contributed by atoms with Gasteiger partial charge in [-0.1, -0.05) is 36.0 Å². The maximum Gasteiger partial charge on any atom is 0.234 e. The first-order chi connectivity index (χ1) is 15.5. The second-order valence-electron chi connectivity index (χ2n) is 8.11. The molecule has 0 saturated carbocycles. The van der Waals surface area contributed by atoms with E-state index in [1.54, 1.807) is 6.20 Å². The number of thioether (sulfide) groups is 2. The van der Waals surface area contributed by atoms with Crippen molar-refractivity contribution < 1.29 is 4.79 Å². The molecule has 1 aliphatic rings. The van der Waals surface area contributed by atoms with Crippen molar-refractivity contribution in [3.05, 3.63) is 71.0 Å². The quantitative estimate of drug-likeness (QED) is 0.492. The van der Waals surface area contributed by atoms with Gasteiger partial charge in [0, 0.05) is 49.2 Å². The van der Waals surface area contributed by atoms with Gasteiger partial charge in [0.25, 0.3) is 0 Å². The highest BCUT2D eigenvalue weighted by molar-refractivity contribution is 7.99. The van der Waals surface area contributed by atoms with Crippen LogP contribution >= 0.6 is 23.5 Å². The number of hydrogen-bond acceptors (Lipinski definition) is 5. The molecule has 0 spiro atoms. The van der Waals surface area contributed by atoms with Crippen LogP contribution in [0, 0.1) is 20.8 Å². The molecule has 0 aliphatic carbocycles. The molecule has 1 N–H and O–H groups in total. The van der Waals surface area contributed by atoms with Gasteiger partial charge >= 0.3 is 0 Å².